The number of hydrogen-bond donors (Lipinski definition) is 0. The maximum Gasteiger partial charge on any atom is 2.00 e. The van der Waals surface area contributed by atoms with Crippen molar-refractivity contribution in [3.63, 3.8) is 0 Å². The van der Waals surface area contributed by atoms with E-state index in [0.717, 1.165) is 0 Å². The zero-order valence-electron chi connectivity index (χ0n) is 5.15. The molecule has 4 heteroatoms. The van der Waals surface area contributed by atoms with Crippen LogP contribution in [0.1, 0.15) is 0 Å². The van der Waals surface area contributed by atoms with E-state index in [-0.39, 0.29) is 35.5 Å². The normalized spacial score (nSPS) is 7.40. The van der Waals surface area contributed by atoms with Crippen molar-refractivity contribution in [1.82, 2.24) is 0 Å². The van der Waals surface area contributed by atoms with Gasteiger partial charge in [-0.1, -0.05) is 29.3 Å². The summed E-state index contributed by atoms with van der Waals surface area (Å²) < 4.78 is 0. The molecular weight excluding hydrogens is 203 g/mol. The van der Waals surface area contributed by atoms with E-state index < -0.39 is 0 Å². The molecule has 0 amide bonds. The van der Waals surface area contributed by atoms with Gasteiger partial charge in [0, 0.05) is 10.0 Å². The molecule has 0 bridgehead atoms. The molecule has 0 heterocycles. The van der Waals surface area contributed by atoms with Gasteiger partial charge in [0.15, 0.2) is 0 Å². The predicted octanol–water partition coefficient (Wildman–Crippen LogP) is -0.383. The van der Waals surface area contributed by atoms with Crippen LogP contribution in [0.25, 0.3) is 0 Å². The van der Waals surface area contributed by atoms with Crippen molar-refractivity contribution in [2.45, 2.75) is 0 Å². The Morgan fingerprint density at radius 1 is 1.00 bits per heavy atom. The second-order valence-electron chi connectivity index (χ2n) is 1.44. The van der Waals surface area contributed by atoms with E-state index in [1.54, 1.807) is 18.2 Å². The van der Waals surface area contributed by atoms with Crippen molar-refractivity contribution in [1.29, 1.82) is 0 Å². The monoisotopic (exact) mass is 205 g/mol. The molecule has 0 atom stereocenters. The molecule has 0 aliphatic carbocycles. The number of hydrogen-bond acceptors (Lipinski definition) is 0. The molecule has 10 heavy (non-hydrogen) atoms. The van der Waals surface area contributed by atoms with Crippen molar-refractivity contribution in [3.05, 3.63) is 34.3 Å². The van der Waals surface area contributed by atoms with Gasteiger partial charge in [-0.2, -0.15) is 0 Å². The summed E-state index contributed by atoms with van der Waals surface area (Å²) in [6, 6.07) is 7.08. The number of halogens is 3. The van der Waals surface area contributed by atoms with Crippen LogP contribution >= 0.6 is 23.2 Å². The van der Waals surface area contributed by atoms with Crippen LogP contribution < -0.4 is 12.4 Å². The summed E-state index contributed by atoms with van der Waals surface area (Å²) in [7, 11) is 0. The van der Waals surface area contributed by atoms with E-state index in [2.05, 4.69) is 0 Å². The largest absolute Gasteiger partial charge is 2.00 e. The van der Waals surface area contributed by atoms with E-state index in [4.69, 9.17) is 23.2 Å². The van der Waals surface area contributed by atoms with Gasteiger partial charge in [-0.3, -0.25) is 0 Å². The van der Waals surface area contributed by atoms with Gasteiger partial charge in [0.25, 0.3) is 0 Å². The summed E-state index contributed by atoms with van der Waals surface area (Å²) in [4.78, 5) is 0. The van der Waals surface area contributed by atoms with Gasteiger partial charge in [-0.15, -0.1) is 0 Å². The SMILES string of the molecule is Clc1cccc(Cl)c1.[Cl-].[Mg+2]. The van der Waals surface area contributed by atoms with Gasteiger partial charge in [0.1, 0.15) is 0 Å². The Labute approximate surface area is 92.5 Å². The Bertz CT molecular complexity index is 173. The summed E-state index contributed by atoms with van der Waals surface area (Å²) in [5.74, 6) is 0. The average molecular weight is 207 g/mol. The van der Waals surface area contributed by atoms with E-state index in [1.165, 1.54) is 0 Å². The zero-order valence-corrected chi connectivity index (χ0v) is 8.83. The molecule has 1 aromatic carbocycles. The number of rotatable bonds is 0. The molecular formula is C6H4Cl3Mg+. The quantitative estimate of drug-likeness (QED) is 0.508. The molecule has 0 aromatic heterocycles. The molecule has 0 saturated carbocycles. The first-order valence-corrected chi connectivity index (χ1v) is 2.96. The molecule has 0 nitrogen and oxygen atoms in total. The van der Waals surface area contributed by atoms with Crippen LogP contribution in [0, 0.1) is 0 Å². The molecule has 0 aliphatic heterocycles. The van der Waals surface area contributed by atoms with E-state index in [1.807, 2.05) is 6.07 Å². The Morgan fingerprint density at radius 3 is 1.60 bits per heavy atom. The second kappa shape index (κ2) is 6.56. The van der Waals surface area contributed by atoms with E-state index in [0.29, 0.717) is 10.0 Å². The second-order valence-corrected chi connectivity index (χ2v) is 2.31. The Balaban J connectivity index is 0. The Morgan fingerprint density at radius 2 is 1.40 bits per heavy atom. The smallest absolute Gasteiger partial charge is 1.00 e. The minimum atomic E-state index is 0. The van der Waals surface area contributed by atoms with E-state index in [9.17, 15) is 0 Å². The van der Waals surface area contributed by atoms with Gasteiger partial charge < -0.3 is 12.4 Å². The van der Waals surface area contributed by atoms with Crippen LogP contribution in [0.4, 0.5) is 0 Å². The number of benzene rings is 1. The standard InChI is InChI=1S/C6H4Cl2.ClH.Mg/c7-5-2-1-3-6(8)4-5;;/h1-4H;1H;/q;;+2/p-1. The summed E-state index contributed by atoms with van der Waals surface area (Å²) in [5, 5.41) is 1.36. The minimum Gasteiger partial charge on any atom is -1.00 e. The molecule has 0 spiro atoms. The molecule has 0 fully saturated rings. The summed E-state index contributed by atoms with van der Waals surface area (Å²) >= 11 is 11.1. The first-order valence-electron chi connectivity index (χ1n) is 2.20. The molecule has 0 aliphatic rings. The van der Waals surface area contributed by atoms with Gasteiger partial charge in [0.2, 0.25) is 0 Å². The third-order valence-corrected chi connectivity index (χ3v) is 1.26. The van der Waals surface area contributed by atoms with Crippen LogP contribution in [0.5, 0.6) is 0 Å². The maximum absolute atomic E-state index is 5.56. The Kier molecular flexibility index (Phi) is 8.82. The van der Waals surface area contributed by atoms with Crippen molar-refractivity contribution in [3.8, 4) is 0 Å². The zero-order chi connectivity index (χ0) is 5.98. The molecule has 50 valence electrons. The molecule has 1 aromatic rings. The molecule has 1 rings (SSSR count). The first-order chi connectivity index (χ1) is 3.79. The third-order valence-electron chi connectivity index (χ3n) is 0.787. The fraction of sp³-hybridized carbons (Fsp3) is 0. The van der Waals surface area contributed by atoms with Crippen molar-refractivity contribution in [2.75, 3.05) is 0 Å². The summed E-state index contributed by atoms with van der Waals surface area (Å²) in [5.41, 5.74) is 0. The molecule has 0 N–H and O–H groups in total. The van der Waals surface area contributed by atoms with Crippen molar-refractivity contribution in [2.24, 2.45) is 0 Å². The van der Waals surface area contributed by atoms with Gasteiger partial charge in [-0.25, -0.2) is 0 Å². The molecule has 0 unspecified atom stereocenters. The van der Waals surface area contributed by atoms with Crippen LogP contribution in [0.2, 0.25) is 10.0 Å². The maximum atomic E-state index is 5.56. The van der Waals surface area contributed by atoms with Crippen molar-refractivity contribution >= 4 is 46.3 Å². The van der Waals surface area contributed by atoms with Gasteiger partial charge in [-0.05, 0) is 18.2 Å². The first kappa shape index (κ1) is 13.4. The predicted molar refractivity (Wildman–Crippen MR) is 42.2 cm³/mol. The summed E-state index contributed by atoms with van der Waals surface area (Å²) in [6.07, 6.45) is 0. The minimum absolute atomic E-state index is 0. The molecule has 0 saturated heterocycles. The van der Waals surface area contributed by atoms with Crippen LogP contribution in [-0.4, -0.2) is 23.1 Å². The van der Waals surface area contributed by atoms with E-state index >= 15 is 0 Å². The van der Waals surface area contributed by atoms with Gasteiger partial charge in [0.05, 0.1) is 0 Å². The third kappa shape index (κ3) is 4.64. The van der Waals surface area contributed by atoms with Crippen LogP contribution in [-0.2, 0) is 0 Å². The van der Waals surface area contributed by atoms with Crippen LogP contribution in [0.3, 0.4) is 0 Å². The van der Waals surface area contributed by atoms with Crippen LogP contribution in [0.15, 0.2) is 24.3 Å². The fourth-order valence-corrected chi connectivity index (χ4v) is 0.896. The Hall–Kier alpha value is 0.856. The fourth-order valence-electron chi connectivity index (χ4n) is 0.460. The molecule has 0 radical (unpaired) electrons. The average Bonchev–Trinajstić information content (AvgIpc) is 1.64. The summed E-state index contributed by atoms with van der Waals surface area (Å²) in [6.45, 7) is 0. The van der Waals surface area contributed by atoms with Gasteiger partial charge >= 0.3 is 23.1 Å². The van der Waals surface area contributed by atoms with Crippen molar-refractivity contribution < 1.29 is 12.4 Å². The topological polar surface area (TPSA) is 0 Å².